The fourth-order valence-corrected chi connectivity index (χ4v) is 4.63. The van der Waals surface area contributed by atoms with Gasteiger partial charge in [0.2, 0.25) is 10.0 Å². The van der Waals surface area contributed by atoms with Gasteiger partial charge in [0, 0.05) is 11.1 Å². The molecule has 184 valence electrons. The van der Waals surface area contributed by atoms with Crippen molar-refractivity contribution in [2.45, 2.75) is 18.5 Å². The van der Waals surface area contributed by atoms with E-state index in [-0.39, 0.29) is 23.7 Å². The Morgan fingerprint density at radius 2 is 1.97 bits per heavy atom. The minimum absolute atomic E-state index is 0.0752. The molecule has 0 saturated carbocycles. The molecule has 0 saturated heterocycles. The fraction of sp³-hybridized carbons (Fsp3) is 0.200. The van der Waals surface area contributed by atoms with Gasteiger partial charge in [0.15, 0.2) is 11.5 Å². The molecule has 1 heterocycles. The summed E-state index contributed by atoms with van der Waals surface area (Å²) >= 11 is 0. The number of sulfonamides is 1. The van der Waals surface area contributed by atoms with Gasteiger partial charge in [0.25, 0.3) is 0 Å². The number of primary sulfonamides is 1. The molecule has 4 rings (SSSR count). The SMILES string of the molecule is C=CCOc1ccc2c(c1OC(F)F)-c1ccc(CS(N)(=O)=O)cc1C(c1cccc(OC)c1)O2. The molecule has 0 aliphatic carbocycles. The molecule has 0 bridgehead atoms. The second-order valence-corrected chi connectivity index (χ2v) is 9.36. The summed E-state index contributed by atoms with van der Waals surface area (Å²) in [6.07, 6.45) is 0.793. The van der Waals surface area contributed by atoms with Gasteiger partial charge in [-0.15, -0.1) is 0 Å². The van der Waals surface area contributed by atoms with Crippen LogP contribution in [0.25, 0.3) is 11.1 Å². The summed E-state index contributed by atoms with van der Waals surface area (Å²) in [7, 11) is -2.28. The molecule has 0 fully saturated rings. The van der Waals surface area contributed by atoms with E-state index in [0.29, 0.717) is 33.8 Å². The predicted molar refractivity (Wildman–Crippen MR) is 126 cm³/mol. The third-order valence-electron chi connectivity index (χ3n) is 5.32. The first-order chi connectivity index (χ1) is 16.7. The number of halogens is 2. The van der Waals surface area contributed by atoms with Crippen LogP contribution in [0.15, 0.2) is 67.3 Å². The lowest BCUT2D eigenvalue weighted by molar-refractivity contribution is -0.0511. The van der Waals surface area contributed by atoms with E-state index < -0.39 is 28.5 Å². The highest BCUT2D eigenvalue weighted by Crippen LogP contribution is 2.52. The molecule has 1 aliphatic rings. The van der Waals surface area contributed by atoms with Gasteiger partial charge < -0.3 is 18.9 Å². The first-order valence-corrected chi connectivity index (χ1v) is 12.2. The molecule has 3 aromatic carbocycles. The highest BCUT2D eigenvalue weighted by molar-refractivity contribution is 7.88. The van der Waals surface area contributed by atoms with Crippen molar-refractivity contribution in [2.24, 2.45) is 5.14 Å². The van der Waals surface area contributed by atoms with E-state index in [1.165, 1.54) is 19.3 Å². The number of hydrogen-bond acceptors (Lipinski definition) is 6. The lowest BCUT2D eigenvalue weighted by atomic mass is 9.88. The van der Waals surface area contributed by atoms with E-state index in [2.05, 4.69) is 6.58 Å². The molecule has 3 aromatic rings. The van der Waals surface area contributed by atoms with Gasteiger partial charge in [0.1, 0.15) is 24.2 Å². The van der Waals surface area contributed by atoms with Crippen LogP contribution in [0.4, 0.5) is 8.78 Å². The molecular formula is C25H23F2NO6S. The first kappa shape index (κ1) is 24.5. The summed E-state index contributed by atoms with van der Waals surface area (Å²) < 4.78 is 72.3. The average molecular weight is 504 g/mol. The summed E-state index contributed by atoms with van der Waals surface area (Å²) in [6.45, 7) is 0.536. The zero-order chi connectivity index (χ0) is 25.2. The molecule has 1 unspecified atom stereocenters. The van der Waals surface area contributed by atoms with Crippen molar-refractivity contribution in [3.8, 4) is 34.1 Å². The zero-order valence-electron chi connectivity index (χ0n) is 18.7. The first-order valence-electron chi connectivity index (χ1n) is 10.5. The molecule has 10 heteroatoms. The number of nitrogens with two attached hydrogens (primary N) is 1. The van der Waals surface area contributed by atoms with Crippen molar-refractivity contribution in [1.82, 2.24) is 0 Å². The van der Waals surface area contributed by atoms with Crippen LogP contribution < -0.4 is 24.1 Å². The van der Waals surface area contributed by atoms with Crippen LogP contribution in [0.5, 0.6) is 23.0 Å². The van der Waals surface area contributed by atoms with Crippen LogP contribution in [-0.2, 0) is 15.8 Å². The minimum atomic E-state index is -3.81. The summed E-state index contributed by atoms with van der Waals surface area (Å²) in [6, 6.07) is 15.1. The maximum Gasteiger partial charge on any atom is 0.387 e. The maximum absolute atomic E-state index is 13.4. The second-order valence-electron chi connectivity index (χ2n) is 7.75. The third kappa shape index (κ3) is 5.39. The molecule has 0 amide bonds. The van der Waals surface area contributed by atoms with Crippen molar-refractivity contribution in [3.63, 3.8) is 0 Å². The van der Waals surface area contributed by atoms with Gasteiger partial charge in [-0.3, -0.25) is 0 Å². The van der Waals surface area contributed by atoms with Crippen LogP contribution in [0.2, 0.25) is 0 Å². The van der Waals surface area contributed by atoms with Crippen LogP contribution in [0.3, 0.4) is 0 Å². The van der Waals surface area contributed by atoms with Gasteiger partial charge in [0.05, 0.1) is 18.4 Å². The molecule has 7 nitrogen and oxygen atoms in total. The van der Waals surface area contributed by atoms with E-state index in [1.807, 2.05) is 6.07 Å². The van der Waals surface area contributed by atoms with E-state index in [9.17, 15) is 17.2 Å². The Morgan fingerprint density at radius 3 is 2.66 bits per heavy atom. The lowest BCUT2D eigenvalue weighted by Gasteiger charge is -2.31. The smallest absolute Gasteiger partial charge is 0.387 e. The van der Waals surface area contributed by atoms with E-state index in [4.69, 9.17) is 24.1 Å². The Labute approximate surface area is 201 Å². The standard InChI is InChI=1S/C25H23F2NO6S/c1-3-11-32-21-10-9-20-22(24(21)34-25(26)27)18-8-7-15(14-35(28,29)30)12-19(18)23(33-20)16-5-4-6-17(13-16)31-2/h3-10,12-13,23,25H,1,11,14H2,2H3,(H2,28,29,30). The average Bonchev–Trinajstić information content (AvgIpc) is 2.81. The number of methoxy groups -OCH3 is 1. The monoisotopic (exact) mass is 503 g/mol. The molecule has 1 aliphatic heterocycles. The normalized spacial score (nSPS) is 14.5. The van der Waals surface area contributed by atoms with Gasteiger partial charge in [-0.2, -0.15) is 8.78 Å². The van der Waals surface area contributed by atoms with Crippen molar-refractivity contribution in [3.05, 3.63) is 83.9 Å². The van der Waals surface area contributed by atoms with Crippen LogP contribution in [-0.4, -0.2) is 28.7 Å². The quantitative estimate of drug-likeness (QED) is 0.422. The van der Waals surface area contributed by atoms with Gasteiger partial charge in [-0.25, -0.2) is 13.6 Å². The maximum atomic E-state index is 13.4. The number of alkyl halides is 2. The Balaban J connectivity index is 1.94. The summed E-state index contributed by atoms with van der Waals surface area (Å²) in [4.78, 5) is 0. The Morgan fingerprint density at radius 1 is 1.17 bits per heavy atom. The largest absolute Gasteiger partial charge is 0.497 e. The highest BCUT2D eigenvalue weighted by Gasteiger charge is 2.33. The Bertz CT molecular complexity index is 1360. The number of hydrogen-bond donors (Lipinski definition) is 1. The van der Waals surface area contributed by atoms with Crippen molar-refractivity contribution in [1.29, 1.82) is 0 Å². The lowest BCUT2D eigenvalue weighted by Crippen LogP contribution is -2.19. The van der Waals surface area contributed by atoms with E-state index in [1.54, 1.807) is 42.5 Å². The molecule has 0 aromatic heterocycles. The second kappa shape index (κ2) is 9.93. The van der Waals surface area contributed by atoms with E-state index in [0.717, 1.165) is 0 Å². The topological polar surface area (TPSA) is 97.1 Å². The zero-order valence-corrected chi connectivity index (χ0v) is 19.6. The van der Waals surface area contributed by atoms with E-state index >= 15 is 0 Å². The third-order valence-corrected chi connectivity index (χ3v) is 6.06. The van der Waals surface area contributed by atoms with Crippen LogP contribution >= 0.6 is 0 Å². The predicted octanol–water partition coefficient (Wildman–Crippen LogP) is 4.80. The molecule has 1 atom stereocenters. The van der Waals surface area contributed by atoms with Gasteiger partial charge >= 0.3 is 6.61 Å². The summed E-state index contributed by atoms with van der Waals surface area (Å²) in [5, 5.41) is 5.25. The van der Waals surface area contributed by atoms with Crippen molar-refractivity contribution < 1.29 is 36.1 Å². The number of ether oxygens (including phenoxy) is 4. The molecule has 35 heavy (non-hydrogen) atoms. The summed E-state index contributed by atoms with van der Waals surface area (Å²) in [5.74, 6) is 0.386. The van der Waals surface area contributed by atoms with Gasteiger partial charge in [-0.1, -0.05) is 43.0 Å². The van der Waals surface area contributed by atoms with Crippen LogP contribution in [0.1, 0.15) is 22.8 Å². The molecular weight excluding hydrogens is 480 g/mol. The molecule has 0 radical (unpaired) electrons. The number of fused-ring (bicyclic) bond motifs is 3. The van der Waals surface area contributed by atoms with Crippen molar-refractivity contribution in [2.75, 3.05) is 13.7 Å². The Kier molecular flexibility index (Phi) is 6.95. The van der Waals surface area contributed by atoms with Gasteiger partial charge in [-0.05, 0) is 35.4 Å². The Hall–Kier alpha value is -3.63. The highest BCUT2D eigenvalue weighted by atomic mass is 32.2. The summed E-state index contributed by atoms with van der Waals surface area (Å²) in [5.41, 5.74) is 2.47. The van der Waals surface area contributed by atoms with Crippen molar-refractivity contribution >= 4 is 10.0 Å². The van der Waals surface area contributed by atoms with Crippen LogP contribution in [0, 0.1) is 0 Å². The number of rotatable bonds is 9. The molecule has 0 spiro atoms. The minimum Gasteiger partial charge on any atom is -0.497 e. The number of benzene rings is 3. The fourth-order valence-electron chi connectivity index (χ4n) is 3.99. The molecule has 2 N–H and O–H groups in total.